The minimum absolute atomic E-state index is 0.0626. The molecule has 1 N–H and O–H groups in total. The largest absolute Gasteiger partial charge is 0.493 e. The number of ether oxygens (including phenoxy) is 3. The van der Waals surface area contributed by atoms with Crippen molar-refractivity contribution in [2.45, 2.75) is 0 Å². The van der Waals surface area contributed by atoms with Gasteiger partial charge in [0.05, 0.1) is 44.4 Å². The fourth-order valence-corrected chi connectivity index (χ4v) is 3.00. The van der Waals surface area contributed by atoms with Gasteiger partial charge in [0.1, 0.15) is 0 Å². The Kier molecular flexibility index (Phi) is 6.70. The van der Waals surface area contributed by atoms with Crippen LogP contribution in [0.4, 0.5) is 11.4 Å². The number of rotatable bonds is 7. The molecule has 0 aliphatic rings. The van der Waals surface area contributed by atoms with Crippen molar-refractivity contribution in [1.29, 1.82) is 0 Å². The topological polar surface area (TPSA) is 111 Å². The van der Waals surface area contributed by atoms with Crippen LogP contribution >= 0.6 is 0 Å². The summed E-state index contributed by atoms with van der Waals surface area (Å²) in [6.45, 7) is 0. The maximum Gasteiger partial charge on any atom is 0.337 e. The monoisotopic (exact) mass is 422 g/mol. The van der Waals surface area contributed by atoms with Gasteiger partial charge in [-0.15, -0.1) is 0 Å². The third-order valence-corrected chi connectivity index (χ3v) is 5.34. The molecule has 0 aliphatic carbocycles. The van der Waals surface area contributed by atoms with Crippen LogP contribution < -0.4 is 19.1 Å². The smallest absolute Gasteiger partial charge is 0.337 e. The van der Waals surface area contributed by atoms with Crippen molar-refractivity contribution < 1.29 is 32.2 Å². The highest BCUT2D eigenvalue weighted by molar-refractivity contribution is 7.92. The third-order valence-electron chi connectivity index (χ3n) is 4.15. The summed E-state index contributed by atoms with van der Waals surface area (Å²) in [5.41, 5.74) is 0.918. The quantitative estimate of drug-likeness (QED) is 0.681. The van der Waals surface area contributed by atoms with Crippen molar-refractivity contribution in [2.24, 2.45) is 0 Å². The highest BCUT2D eigenvalue weighted by Crippen LogP contribution is 2.36. The third kappa shape index (κ3) is 4.96. The molecule has 0 aliphatic heterocycles. The van der Waals surface area contributed by atoms with Crippen LogP contribution in [0.1, 0.15) is 20.7 Å². The van der Waals surface area contributed by atoms with E-state index in [1.165, 1.54) is 64.8 Å². The second-order valence-electron chi connectivity index (χ2n) is 5.98. The van der Waals surface area contributed by atoms with Crippen LogP contribution in [0.15, 0.2) is 36.4 Å². The Hall–Kier alpha value is -3.27. The number of hydrogen-bond acceptors (Lipinski definition) is 7. The number of sulfonamides is 1. The molecule has 9 nitrogen and oxygen atoms in total. The summed E-state index contributed by atoms with van der Waals surface area (Å²) in [6.07, 6.45) is 1.02. The molecule has 0 heterocycles. The second kappa shape index (κ2) is 8.82. The van der Waals surface area contributed by atoms with Gasteiger partial charge in [-0.3, -0.25) is 9.10 Å². The molecule has 0 saturated heterocycles. The maximum atomic E-state index is 12.9. The van der Waals surface area contributed by atoms with E-state index in [4.69, 9.17) is 9.47 Å². The number of amides is 1. The number of esters is 1. The van der Waals surface area contributed by atoms with E-state index in [2.05, 4.69) is 10.1 Å². The molecule has 0 bridgehead atoms. The fraction of sp³-hybridized carbons (Fsp3) is 0.263. The Labute approximate surface area is 169 Å². The minimum Gasteiger partial charge on any atom is -0.493 e. The number of hydrogen-bond donors (Lipinski definition) is 1. The van der Waals surface area contributed by atoms with Gasteiger partial charge in [-0.2, -0.15) is 0 Å². The Morgan fingerprint density at radius 2 is 1.52 bits per heavy atom. The molecule has 2 rings (SSSR count). The molecule has 1 amide bonds. The summed E-state index contributed by atoms with van der Waals surface area (Å²) in [7, 11) is 1.78. The van der Waals surface area contributed by atoms with Gasteiger partial charge >= 0.3 is 5.97 Å². The number of nitrogens with one attached hydrogen (secondary N) is 1. The molecule has 0 unspecified atom stereocenters. The van der Waals surface area contributed by atoms with E-state index in [-0.39, 0.29) is 22.7 Å². The molecule has 2 aromatic rings. The molecule has 29 heavy (non-hydrogen) atoms. The molecular weight excluding hydrogens is 400 g/mol. The molecule has 0 radical (unpaired) electrons. The van der Waals surface area contributed by atoms with Gasteiger partial charge in [0.2, 0.25) is 10.0 Å². The normalized spacial score (nSPS) is 10.8. The first-order valence-electron chi connectivity index (χ1n) is 8.32. The van der Waals surface area contributed by atoms with Gasteiger partial charge < -0.3 is 19.5 Å². The van der Waals surface area contributed by atoms with Crippen LogP contribution in [0.25, 0.3) is 0 Å². The van der Waals surface area contributed by atoms with Gasteiger partial charge in [-0.05, 0) is 30.3 Å². The van der Waals surface area contributed by atoms with Crippen molar-refractivity contribution in [3.8, 4) is 11.5 Å². The van der Waals surface area contributed by atoms with Crippen LogP contribution in [0.5, 0.6) is 11.5 Å². The Bertz CT molecular complexity index is 1020. The molecule has 0 saturated carbocycles. The van der Waals surface area contributed by atoms with Crippen molar-refractivity contribution in [3.63, 3.8) is 0 Å². The van der Waals surface area contributed by atoms with E-state index in [9.17, 15) is 18.0 Å². The predicted octanol–water partition coefficient (Wildman–Crippen LogP) is 2.14. The van der Waals surface area contributed by atoms with Crippen LogP contribution in [0.2, 0.25) is 0 Å². The summed E-state index contributed by atoms with van der Waals surface area (Å²) >= 11 is 0. The zero-order valence-corrected chi connectivity index (χ0v) is 17.5. The molecule has 10 heteroatoms. The van der Waals surface area contributed by atoms with E-state index in [1.807, 2.05) is 0 Å². The standard InChI is InChI=1S/C19H22N2O7S/c1-21(29(5,24)25)15-11-17(27-3)16(26-2)10-14(15)18(22)20-13-8-6-12(7-9-13)19(23)28-4/h6-11H,1-5H3,(H,20,22). The number of methoxy groups -OCH3 is 3. The van der Waals surface area contributed by atoms with Crippen LogP contribution in [0, 0.1) is 0 Å². The summed E-state index contributed by atoms with van der Waals surface area (Å²) in [5.74, 6) is -0.525. The van der Waals surface area contributed by atoms with Crippen molar-refractivity contribution in [2.75, 3.05) is 44.3 Å². The van der Waals surface area contributed by atoms with Gasteiger partial charge in [0.25, 0.3) is 5.91 Å². The zero-order valence-electron chi connectivity index (χ0n) is 16.7. The molecule has 2 aromatic carbocycles. The first-order valence-corrected chi connectivity index (χ1v) is 10.2. The van der Waals surface area contributed by atoms with Gasteiger partial charge in [-0.25, -0.2) is 13.2 Å². The zero-order chi connectivity index (χ0) is 21.8. The van der Waals surface area contributed by atoms with E-state index in [0.29, 0.717) is 11.3 Å². The maximum absolute atomic E-state index is 12.9. The number of benzene rings is 2. The van der Waals surface area contributed by atoms with Crippen molar-refractivity contribution >= 4 is 33.3 Å². The number of carbonyl (C=O) groups is 2. The number of carbonyl (C=O) groups excluding carboxylic acids is 2. The lowest BCUT2D eigenvalue weighted by Crippen LogP contribution is -2.28. The molecule has 0 aromatic heterocycles. The van der Waals surface area contributed by atoms with Gasteiger partial charge in [0, 0.05) is 18.8 Å². The average molecular weight is 422 g/mol. The molecule has 0 atom stereocenters. The lowest BCUT2D eigenvalue weighted by molar-refractivity contribution is 0.0600. The first kappa shape index (κ1) is 22.0. The van der Waals surface area contributed by atoms with Crippen LogP contribution in [0.3, 0.4) is 0 Å². The van der Waals surface area contributed by atoms with Crippen LogP contribution in [-0.2, 0) is 14.8 Å². The molecular formula is C19H22N2O7S. The van der Waals surface area contributed by atoms with Gasteiger partial charge in [0.15, 0.2) is 11.5 Å². The Morgan fingerprint density at radius 3 is 2.00 bits per heavy atom. The summed E-state index contributed by atoms with van der Waals surface area (Å²) in [4.78, 5) is 24.4. The highest BCUT2D eigenvalue weighted by atomic mass is 32.2. The molecule has 0 fully saturated rings. The summed E-state index contributed by atoms with van der Waals surface area (Å²) in [5, 5.41) is 2.67. The SMILES string of the molecule is COC(=O)c1ccc(NC(=O)c2cc(OC)c(OC)cc2N(C)S(C)(=O)=O)cc1. The second-order valence-corrected chi connectivity index (χ2v) is 7.99. The summed E-state index contributed by atoms with van der Waals surface area (Å²) in [6, 6.07) is 8.87. The van der Waals surface area contributed by atoms with Crippen molar-refractivity contribution in [1.82, 2.24) is 0 Å². The fourth-order valence-electron chi connectivity index (χ4n) is 2.50. The van der Waals surface area contributed by atoms with Gasteiger partial charge in [-0.1, -0.05) is 0 Å². The predicted molar refractivity (Wildman–Crippen MR) is 109 cm³/mol. The van der Waals surface area contributed by atoms with Crippen molar-refractivity contribution in [3.05, 3.63) is 47.5 Å². The Balaban J connectivity index is 2.45. The lowest BCUT2D eigenvalue weighted by atomic mass is 10.1. The molecule has 0 spiro atoms. The van der Waals surface area contributed by atoms with E-state index < -0.39 is 21.9 Å². The minimum atomic E-state index is -3.64. The van der Waals surface area contributed by atoms with Crippen LogP contribution in [-0.4, -0.2) is 54.9 Å². The summed E-state index contributed by atoms with van der Waals surface area (Å²) < 4.78 is 40.1. The molecule has 156 valence electrons. The average Bonchev–Trinajstić information content (AvgIpc) is 2.71. The highest BCUT2D eigenvalue weighted by Gasteiger charge is 2.23. The lowest BCUT2D eigenvalue weighted by Gasteiger charge is -2.22. The first-order chi connectivity index (χ1) is 13.6. The Morgan fingerprint density at radius 1 is 0.966 bits per heavy atom. The van der Waals surface area contributed by atoms with E-state index in [1.54, 1.807) is 0 Å². The number of nitrogens with zero attached hydrogens (tertiary/aromatic N) is 1. The number of anilines is 2. The van der Waals surface area contributed by atoms with E-state index >= 15 is 0 Å². The van der Waals surface area contributed by atoms with E-state index in [0.717, 1.165) is 10.6 Å².